The maximum atomic E-state index is 5.96. The average molecular weight is 353 g/mol. The monoisotopic (exact) mass is 352 g/mol. The van der Waals surface area contributed by atoms with E-state index in [9.17, 15) is 0 Å². The van der Waals surface area contributed by atoms with E-state index in [1.54, 1.807) is 39.0 Å². The van der Waals surface area contributed by atoms with Gasteiger partial charge in [0.2, 0.25) is 11.0 Å². The average Bonchev–Trinajstić information content (AvgIpc) is 3.02. The van der Waals surface area contributed by atoms with Crippen LogP contribution in [0.3, 0.4) is 0 Å². The lowest BCUT2D eigenvalue weighted by atomic mass is 10.2. The van der Waals surface area contributed by atoms with Crippen LogP contribution in [0.25, 0.3) is 10.3 Å². The van der Waals surface area contributed by atoms with Crippen LogP contribution in [0.1, 0.15) is 0 Å². The minimum absolute atomic E-state index is 0.150. The molecule has 0 saturated heterocycles. The minimum atomic E-state index is 0.150. The van der Waals surface area contributed by atoms with Gasteiger partial charge >= 0.3 is 0 Å². The van der Waals surface area contributed by atoms with Gasteiger partial charge in [-0.3, -0.25) is 0 Å². The van der Waals surface area contributed by atoms with E-state index in [0.717, 1.165) is 0 Å². The highest BCUT2D eigenvalue weighted by Gasteiger charge is 2.15. The van der Waals surface area contributed by atoms with Crippen LogP contribution in [0, 0.1) is 0 Å². The number of fused-ring (bicyclic) bond motifs is 1. The highest BCUT2D eigenvalue weighted by atomic mass is 35.5. The lowest BCUT2D eigenvalue weighted by Crippen LogP contribution is -2.00. The molecule has 23 heavy (non-hydrogen) atoms. The Morgan fingerprint density at radius 3 is 2.35 bits per heavy atom. The van der Waals surface area contributed by atoms with Crippen molar-refractivity contribution >= 4 is 44.8 Å². The molecule has 1 N–H and O–H groups in total. The summed E-state index contributed by atoms with van der Waals surface area (Å²) in [4.78, 5) is 13.3. The van der Waals surface area contributed by atoms with Crippen LogP contribution in [0.15, 0.2) is 17.6 Å². The highest BCUT2D eigenvalue weighted by Crippen LogP contribution is 2.41. The minimum Gasteiger partial charge on any atom is -0.493 e. The summed E-state index contributed by atoms with van der Waals surface area (Å²) in [5.74, 6) is 2.09. The Labute approximate surface area is 141 Å². The zero-order valence-electron chi connectivity index (χ0n) is 12.6. The second-order valence-electron chi connectivity index (χ2n) is 4.39. The molecular formula is C14H13ClN4O3S. The summed E-state index contributed by atoms with van der Waals surface area (Å²) in [6, 6.07) is 3.55. The largest absolute Gasteiger partial charge is 0.493 e. The molecule has 0 atom stereocenters. The number of hydrogen-bond acceptors (Lipinski definition) is 8. The Kier molecular flexibility index (Phi) is 4.35. The third kappa shape index (κ3) is 2.95. The fourth-order valence-corrected chi connectivity index (χ4v) is 2.99. The van der Waals surface area contributed by atoms with Gasteiger partial charge in [-0.2, -0.15) is 4.98 Å². The lowest BCUT2D eigenvalue weighted by Gasteiger charge is -2.15. The van der Waals surface area contributed by atoms with Gasteiger partial charge in [-0.05, 0) is 11.6 Å². The lowest BCUT2D eigenvalue weighted by molar-refractivity contribution is 0.324. The molecule has 0 radical (unpaired) electrons. The van der Waals surface area contributed by atoms with Crippen molar-refractivity contribution in [3.8, 4) is 17.2 Å². The first-order valence-corrected chi connectivity index (χ1v) is 7.75. The number of nitrogens with one attached hydrogen (secondary N) is 1. The van der Waals surface area contributed by atoms with Crippen LogP contribution in [0.4, 0.5) is 11.5 Å². The zero-order valence-corrected chi connectivity index (χ0v) is 14.2. The predicted octanol–water partition coefficient (Wildman–Crippen LogP) is 3.51. The number of thiazole rings is 1. The van der Waals surface area contributed by atoms with Gasteiger partial charge in [0.05, 0.1) is 26.8 Å². The topological polar surface area (TPSA) is 78.4 Å². The first-order valence-electron chi connectivity index (χ1n) is 6.50. The normalized spacial score (nSPS) is 10.6. The summed E-state index contributed by atoms with van der Waals surface area (Å²) < 4.78 is 16.0. The van der Waals surface area contributed by atoms with Crippen LogP contribution in [-0.4, -0.2) is 36.3 Å². The number of nitrogens with zero attached hydrogens (tertiary/aromatic N) is 3. The summed E-state index contributed by atoms with van der Waals surface area (Å²) in [6.45, 7) is 0. The predicted molar refractivity (Wildman–Crippen MR) is 89.6 cm³/mol. The van der Waals surface area contributed by atoms with Gasteiger partial charge in [0.15, 0.2) is 22.1 Å². The van der Waals surface area contributed by atoms with Gasteiger partial charge in [0.25, 0.3) is 0 Å². The summed E-state index contributed by atoms with van der Waals surface area (Å²) in [5, 5.41) is 3.32. The first-order chi connectivity index (χ1) is 11.2. The van der Waals surface area contributed by atoms with Crippen molar-refractivity contribution in [2.24, 2.45) is 0 Å². The highest BCUT2D eigenvalue weighted by molar-refractivity contribution is 7.16. The second kappa shape index (κ2) is 6.43. The zero-order chi connectivity index (χ0) is 16.4. The number of aromatic nitrogens is 3. The van der Waals surface area contributed by atoms with Crippen molar-refractivity contribution in [3.05, 3.63) is 22.9 Å². The molecule has 9 heteroatoms. The quantitative estimate of drug-likeness (QED) is 0.704. The summed E-state index contributed by atoms with van der Waals surface area (Å²) in [5.41, 5.74) is 3.03. The third-order valence-corrected chi connectivity index (χ3v) is 3.99. The molecular weight excluding hydrogens is 340 g/mol. The molecule has 7 nitrogen and oxygen atoms in total. The molecule has 2 aromatic heterocycles. The first kappa shape index (κ1) is 15.6. The number of rotatable bonds is 5. The van der Waals surface area contributed by atoms with E-state index in [1.807, 2.05) is 0 Å². The van der Waals surface area contributed by atoms with Crippen molar-refractivity contribution < 1.29 is 14.2 Å². The van der Waals surface area contributed by atoms with E-state index in [0.29, 0.717) is 39.1 Å². The molecule has 1 aromatic carbocycles. The van der Waals surface area contributed by atoms with Crippen molar-refractivity contribution in [2.75, 3.05) is 26.6 Å². The third-order valence-electron chi connectivity index (χ3n) is 3.10. The molecule has 0 aliphatic carbocycles. The summed E-state index contributed by atoms with van der Waals surface area (Å²) in [6.07, 6.45) is 0. The Bertz CT molecular complexity index is 830. The standard InChI is InChI=1S/C14H13ClN4O3S/c1-20-8-4-7(5-9(21-2)11(8)22-3)17-12-10-13(23-6-16-10)19-14(15)18-12/h4-6H,1-3H3,(H,17,18,19). The van der Waals surface area contributed by atoms with Gasteiger partial charge in [0.1, 0.15) is 5.52 Å². The SMILES string of the molecule is COc1cc(Nc2nc(Cl)nc3scnc23)cc(OC)c1OC. The summed E-state index contributed by atoms with van der Waals surface area (Å²) in [7, 11) is 4.67. The van der Waals surface area contributed by atoms with Crippen molar-refractivity contribution in [1.29, 1.82) is 0 Å². The smallest absolute Gasteiger partial charge is 0.225 e. The maximum absolute atomic E-state index is 5.96. The second-order valence-corrected chi connectivity index (χ2v) is 5.56. The number of ether oxygens (including phenoxy) is 3. The van der Waals surface area contributed by atoms with E-state index in [-0.39, 0.29) is 5.28 Å². The van der Waals surface area contributed by atoms with Gasteiger partial charge < -0.3 is 19.5 Å². The van der Waals surface area contributed by atoms with E-state index in [4.69, 9.17) is 25.8 Å². The van der Waals surface area contributed by atoms with Crippen molar-refractivity contribution in [1.82, 2.24) is 15.0 Å². The molecule has 3 rings (SSSR count). The van der Waals surface area contributed by atoms with Gasteiger partial charge in [0, 0.05) is 17.8 Å². The molecule has 120 valence electrons. The van der Waals surface area contributed by atoms with Gasteiger partial charge in [-0.15, -0.1) is 11.3 Å². The van der Waals surface area contributed by atoms with E-state index >= 15 is 0 Å². The molecule has 0 spiro atoms. The molecule has 0 fully saturated rings. The number of benzene rings is 1. The van der Waals surface area contributed by atoms with Crippen molar-refractivity contribution in [2.45, 2.75) is 0 Å². The van der Waals surface area contributed by atoms with E-state index in [2.05, 4.69) is 20.3 Å². The van der Waals surface area contributed by atoms with Crippen LogP contribution < -0.4 is 19.5 Å². The molecule has 2 heterocycles. The molecule has 0 amide bonds. The number of halogens is 1. The van der Waals surface area contributed by atoms with Crippen LogP contribution in [0.5, 0.6) is 17.2 Å². The van der Waals surface area contributed by atoms with Gasteiger partial charge in [-0.25, -0.2) is 9.97 Å². The van der Waals surface area contributed by atoms with Crippen LogP contribution >= 0.6 is 22.9 Å². The van der Waals surface area contributed by atoms with Crippen molar-refractivity contribution in [3.63, 3.8) is 0 Å². The molecule has 3 aromatic rings. The number of anilines is 2. The molecule has 0 bridgehead atoms. The number of methoxy groups -OCH3 is 3. The Hall–Kier alpha value is -2.32. The van der Waals surface area contributed by atoms with E-state index in [1.165, 1.54) is 11.3 Å². The van der Waals surface area contributed by atoms with Gasteiger partial charge in [-0.1, -0.05) is 0 Å². The molecule has 0 unspecified atom stereocenters. The Morgan fingerprint density at radius 1 is 1.04 bits per heavy atom. The number of hydrogen-bond donors (Lipinski definition) is 1. The maximum Gasteiger partial charge on any atom is 0.225 e. The molecule has 0 saturated carbocycles. The fourth-order valence-electron chi connectivity index (χ4n) is 2.11. The Balaban J connectivity index is 2.06. The Morgan fingerprint density at radius 2 is 1.74 bits per heavy atom. The van der Waals surface area contributed by atoms with E-state index < -0.39 is 0 Å². The molecule has 0 aliphatic heterocycles. The van der Waals surface area contributed by atoms with Crippen LogP contribution in [0.2, 0.25) is 5.28 Å². The summed E-state index contributed by atoms with van der Waals surface area (Å²) >= 11 is 7.35. The molecule has 0 aliphatic rings. The van der Waals surface area contributed by atoms with Crippen LogP contribution in [-0.2, 0) is 0 Å². The fraction of sp³-hybridized carbons (Fsp3) is 0.214.